The normalized spacial score (nSPS) is 23.3. The lowest BCUT2D eigenvalue weighted by molar-refractivity contribution is -0.131. The Bertz CT molecular complexity index is 1080. The van der Waals surface area contributed by atoms with Gasteiger partial charge in [0.15, 0.2) is 0 Å². The van der Waals surface area contributed by atoms with Crippen LogP contribution in [0.2, 0.25) is 5.02 Å². The number of fused-ring (bicyclic) bond motifs is 1. The summed E-state index contributed by atoms with van der Waals surface area (Å²) < 4.78 is 40.2. The fourth-order valence-electron chi connectivity index (χ4n) is 3.60. The number of dihydropyridines is 1. The molecule has 0 spiro atoms. The highest BCUT2D eigenvalue weighted by Gasteiger charge is 2.42. The van der Waals surface area contributed by atoms with Crippen LogP contribution >= 0.6 is 11.6 Å². The number of piperidine rings is 1. The first-order valence-electron chi connectivity index (χ1n) is 8.91. The number of hydrogen-bond donors (Lipinski definition) is 0. The molecular formula is C18H16ClFN4O4S. The molecule has 1 saturated heterocycles. The van der Waals surface area contributed by atoms with E-state index in [1.807, 2.05) is 0 Å². The number of nitrogens with zero attached hydrogens (tertiary/aromatic N) is 4. The summed E-state index contributed by atoms with van der Waals surface area (Å²) in [7, 11) is -3.87. The van der Waals surface area contributed by atoms with Gasteiger partial charge in [0.1, 0.15) is 17.6 Å². The van der Waals surface area contributed by atoms with E-state index < -0.39 is 39.7 Å². The number of sulfonamides is 1. The van der Waals surface area contributed by atoms with E-state index in [2.05, 4.69) is 9.98 Å². The Hall–Kier alpha value is -2.43. The zero-order valence-corrected chi connectivity index (χ0v) is 16.6. The van der Waals surface area contributed by atoms with Crippen LogP contribution in [0.5, 0.6) is 0 Å². The smallest absolute Gasteiger partial charge is 0.273 e. The topological polar surface area (TPSA) is 99.5 Å². The first-order valence-corrected chi connectivity index (χ1v) is 10.7. The molecule has 3 heterocycles. The number of carbonyl (C=O) groups excluding carboxylic acids is 2. The van der Waals surface area contributed by atoms with Gasteiger partial charge in [-0.2, -0.15) is 9.30 Å². The Morgan fingerprint density at radius 1 is 1.17 bits per heavy atom. The first-order chi connectivity index (χ1) is 13.8. The van der Waals surface area contributed by atoms with Crippen LogP contribution in [0.3, 0.4) is 0 Å². The summed E-state index contributed by atoms with van der Waals surface area (Å²) in [5.41, 5.74) is 0. The van der Waals surface area contributed by atoms with E-state index in [0.29, 0.717) is 0 Å². The number of rotatable bonds is 3. The molecule has 1 aromatic rings. The molecule has 8 nitrogen and oxygen atoms in total. The van der Waals surface area contributed by atoms with Crippen LogP contribution in [-0.4, -0.2) is 60.7 Å². The van der Waals surface area contributed by atoms with Crippen LogP contribution in [-0.2, 0) is 14.8 Å². The van der Waals surface area contributed by atoms with Crippen molar-refractivity contribution in [2.24, 2.45) is 15.9 Å². The second kappa shape index (κ2) is 7.43. The molecular weight excluding hydrogens is 423 g/mol. The predicted molar refractivity (Wildman–Crippen MR) is 104 cm³/mol. The maximum absolute atomic E-state index is 13.3. The molecule has 3 aliphatic heterocycles. The molecule has 0 N–H and O–H groups in total. The molecule has 11 heteroatoms. The van der Waals surface area contributed by atoms with Crippen molar-refractivity contribution in [2.45, 2.75) is 23.8 Å². The van der Waals surface area contributed by atoms with Gasteiger partial charge < -0.3 is 0 Å². The molecule has 152 valence electrons. The lowest BCUT2D eigenvalue weighted by Gasteiger charge is -2.38. The monoisotopic (exact) mass is 438 g/mol. The van der Waals surface area contributed by atoms with Gasteiger partial charge in [-0.25, -0.2) is 22.6 Å². The van der Waals surface area contributed by atoms with Crippen LogP contribution in [0.25, 0.3) is 0 Å². The summed E-state index contributed by atoms with van der Waals surface area (Å²) in [5.74, 6) is -1.63. The van der Waals surface area contributed by atoms with E-state index in [1.165, 1.54) is 10.5 Å². The van der Waals surface area contributed by atoms with Gasteiger partial charge in [-0.1, -0.05) is 17.7 Å². The lowest BCUT2D eigenvalue weighted by atomic mass is 9.98. The Balaban J connectivity index is 1.49. The molecule has 1 atom stereocenters. The highest BCUT2D eigenvalue weighted by Crippen LogP contribution is 2.29. The molecule has 29 heavy (non-hydrogen) atoms. The average Bonchev–Trinajstić information content (AvgIpc) is 2.70. The first kappa shape index (κ1) is 19.9. The van der Waals surface area contributed by atoms with Gasteiger partial charge in [0.25, 0.3) is 0 Å². The molecule has 0 aromatic heterocycles. The molecule has 3 aliphatic rings. The minimum absolute atomic E-state index is 0.105. The van der Waals surface area contributed by atoms with Crippen LogP contribution in [0, 0.1) is 11.7 Å². The van der Waals surface area contributed by atoms with E-state index in [1.54, 1.807) is 12.2 Å². The van der Waals surface area contributed by atoms with Gasteiger partial charge in [0.2, 0.25) is 15.9 Å². The number of allylic oxidation sites excluding steroid dienone is 1. The number of amides is 3. The molecule has 1 unspecified atom stereocenters. The molecule has 1 fully saturated rings. The molecule has 3 amide bonds. The van der Waals surface area contributed by atoms with E-state index in [4.69, 9.17) is 11.6 Å². The zero-order valence-electron chi connectivity index (χ0n) is 15.0. The van der Waals surface area contributed by atoms with E-state index in [9.17, 15) is 22.4 Å². The summed E-state index contributed by atoms with van der Waals surface area (Å²) in [6.45, 7) is 0.211. The van der Waals surface area contributed by atoms with Gasteiger partial charge in [-0.15, -0.1) is 0 Å². The lowest BCUT2D eigenvalue weighted by Crippen LogP contribution is -2.54. The summed E-state index contributed by atoms with van der Waals surface area (Å²) >= 11 is 5.70. The molecule has 1 aromatic carbocycles. The highest BCUT2D eigenvalue weighted by molar-refractivity contribution is 7.89. The quantitative estimate of drug-likeness (QED) is 0.722. The number of imide groups is 1. The number of urea groups is 1. The van der Waals surface area contributed by atoms with Crippen molar-refractivity contribution in [1.29, 1.82) is 0 Å². The second-order valence-electron chi connectivity index (χ2n) is 6.81. The zero-order chi connectivity index (χ0) is 20.8. The van der Waals surface area contributed by atoms with E-state index in [-0.39, 0.29) is 41.7 Å². The van der Waals surface area contributed by atoms with Crippen molar-refractivity contribution in [2.75, 3.05) is 13.1 Å². The Labute approximate surface area is 171 Å². The largest absolute Gasteiger partial charge is 0.352 e. The van der Waals surface area contributed by atoms with Crippen molar-refractivity contribution >= 4 is 45.6 Å². The van der Waals surface area contributed by atoms with Crippen molar-refractivity contribution in [3.05, 3.63) is 41.2 Å². The Morgan fingerprint density at radius 3 is 2.59 bits per heavy atom. The standard InChI is InChI=1S/C18H16ClFN4O4S/c19-14-10-12(3-4-15(14)20)29(27,28)23-8-5-11(6-9-23)24-17(25)13-2-1-7-21-16(13)22-18(24)26/h1-4,7,10-11,13H,5-6,8-9H2. The van der Waals surface area contributed by atoms with Crippen molar-refractivity contribution < 1.29 is 22.4 Å². The third-order valence-electron chi connectivity index (χ3n) is 5.11. The third kappa shape index (κ3) is 3.52. The van der Waals surface area contributed by atoms with Gasteiger partial charge in [-0.05, 0) is 37.1 Å². The summed E-state index contributed by atoms with van der Waals surface area (Å²) in [6.07, 6.45) is 5.27. The maximum Gasteiger partial charge on any atom is 0.352 e. The van der Waals surface area contributed by atoms with Gasteiger partial charge in [0.05, 0.1) is 9.92 Å². The van der Waals surface area contributed by atoms with Gasteiger partial charge in [0, 0.05) is 25.3 Å². The predicted octanol–water partition coefficient (Wildman–Crippen LogP) is 2.25. The maximum atomic E-state index is 13.3. The number of benzene rings is 1. The Kier molecular flexibility index (Phi) is 5.09. The minimum Gasteiger partial charge on any atom is -0.273 e. The molecule has 0 bridgehead atoms. The molecule has 0 radical (unpaired) electrons. The average molecular weight is 439 g/mol. The van der Waals surface area contributed by atoms with Crippen molar-refractivity contribution in [1.82, 2.24) is 9.21 Å². The van der Waals surface area contributed by atoms with E-state index in [0.717, 1.165) is 23.1 Å². The fourth-order valence-corrected chi connectivity index (χ4v) is 5.34. The van der Waals surface area contributed by atoms with Crippen LogP contribution in [0.15, 0.2) is 45.2 Å². The molecule has 4 rings (SSSR count). The highest BCUT2D eigenvalue weighted by atomic mass is 35.5. The van der Waals surface area contributed by atoms with Crippen molar-refractivity contribution in [3.8, 4) is 0 Å². The number of halogens is 2. The Morgan fingerprint density at radius 2 is 1.90 bits per heavy atom. The molecule has 0 aliphatic carbocycles. The molecule has 0 saturated carbocycles. The van der Waals surface area contributed by atoms with Crippen LogP contribution in [0.1, 0.15) is 12.8 Å². The SMILES string of the molecule is O=C1N=C2N=CC=CC2C(=O)N1C1CCN(S(=O)(=O)c2ccc(F)c(Cl)c2)CC1. The van der Waals surface area contributed by atoms with Crippen LogP contribution < -0.4 is 0 Å². The number of hydrogen-bond acceptors (Lipinski definition) is 5. The van der Waals surface area contributed by atoms with Gasteiger partial charge in [-0.3, -0.25) is 9.69 Å². The third-order valence-corrected chi connectivity index (χ3v) is 7.30. The summed E-state index contributed by atoms with van der Waals surface area (Å²) in [5, 5.41) is -0.276. The number of aliphatic imine (C=N–C) groups is 2. The van der Waals surface area contributed by atoms with Gasteiger partial charge >= 0.3 is 6.03 Å². The van der Waals surface area contributed by atoms with Crippen molar-refractivity contribution in [3.63, 3.8) is 0 Å². The summed E-state index contributed by atoms with van der Waals surface area (Å²) in [4.78, 5) is 34.0. The number of carbonyl (C=O) groups is 2. The van der Waals surface area contributed by atoms with E-state index >= 15 is 0 Å². The number of amidine groups is 1. The second-order valence-corrected chi connectivity index (χ2v) is 9.16. The summed E-state index contributed by atoms with van der Waals surface area (Å²) in [6, 6.07) is 2.10. The minimum atomic E-state index is -3.87. The fraction of sp³-hybridized carbons (Fsp3) is 0.333. The van der Waals surface area contributed by atoms with Crippen LogP contribution in [0.4, 0.5) is 9.18 Å².